The molecule has 3 rings (SSSR count). The number of hydrogen-bond acceptors (Lipinski definition) is 1. The third kappa shape index (κ3) is 4.63. The Kier molecular flexibility index (Phi) is 6.72. The van der Waals surface area contributed by atoms with Crippen LogP contribution in [0.5, 0.6) is 0 Å². The third-order valence-corrected chi connectivity index (χ3v) is 3.76. The Morgan fingerprint density at radius 1 is 1.05 bits per heavy atom. The summed E-state index contributed by atoms with van der Waals surface area (Å²) in [6.07, 6.45) is 1.82. The molecule has 2 heteroatoms. The van der Waals surface area contributed by atoms with Gasteiger partial charge >= 0.3 is 0 Å². The van der Waals surface area contributed by atoms with Crippen molar-refractivity contribution in [1.29, 1.82) is 0 Å². The molecule has 3 aromatic rings. The van der Waals surface area contributed by atoms with Crippen LogP contribution in [-0.4, -0.2) is 4.98 Å². The first kappa shape index (κ1) is 18.8. The summed E-state index contributed by atoms with van der Waals surface area (Å²) in [7, 11) is 0. The van der Waals surface area contributed by atoms with Crippen molar-refractivity contribution in [3.05, 3.63) is 67.6 Å². The normalized spacial score (nSPS) is 11.0. The van der Waals surface area contributed by atoms with Gasteiger partial charge in [-0.1, -0.05) is 18.2 Å². The Hall–Kier alpha value is -1.23. The van der Waals surface area contributed by atoms with Gasteiger partial charge in [0.1, 0.15) is 0 Å². The topological polar surface area (TPSA) is 12.9 Å². The van der Waals surface area contributed by atoms with E-state index in [0.29, 0.717) is 0 Å². The van der Waals surface area contributed by atoms with Crippen LogP contribution in [0, 0.1) is 24.3 Å². The maximum absolute atomic E-state index is 4.38. The second-order valence-electron chi connectivity index (χ2n) is 6.16. The number of hydrogen-bond donors (Lipinski definition) is 0. The van der Waals surface area contributed by atoms with Gasteiger partial charge < -0.3 is 17.8 Å². The molecule has 0 radical (unpaired) electrons. The van der Waals surface area contributed by atoms with Gasteiger partial charge in [-0.05, 0) is 17.0 Å². The summed E-state index contributed by atoms with van der Waals surface area (Å²) in [6, 6.07) is 17.5. The van der Waals surface area contributed by atoms with E-state index in [9.17, 15) is 0 Å². The molecule has 0 aliphatic heterocycles. The summed E-state index contributed by atoms with van der Waals surface area (Å²) in [6.45, 7) is 12.4. The molecule has 0 unspecified atom stereocenters. The van der Waals surface area contributed by atoms with E-state index >= 15 is 0 Å². The summed E-state index contributed by atoms with van der Waals surface area (Å²) >= 11 is 0. The molecule has 0 bridgehead atoms. The van der Waals surface area contributed by atoms with Crippen LogP contribution in [-0.2, 0) is 20.4 Å². The molecule has 0 saturated carbocycles. The predicted molar refractivity (Wildman–Crippen MR) is 91.8 cm³/mol. The van der Waals surface area contributed by atoms with Gasteiger partial charge in [-0.3, -0.25) is 5.41 Å². The van der Waals surface area contributed by atoms with Gasteiger partial charge in [-0.15, -0.1) is 48.9 Å². The average molecular weight is 383 g/mol. The first-order valence-electron chi connectivity index (χ1n) is 7.20. The molecule has 0 spiro atoms. The minimum Gasteiger partial charge on any atom is -0.367 e. The molecule has 0 fully saturated rings. The third-order valence-electron chi connectivity index (χ3n) is 3.76. The van der Waals surface area contributed by atoms with Crippen molar-refractivity contribution in [2.45, 2.75) is 27.7 Å². The molecule has 0 amide bonds. The number of benzene rings is 2. The Labute approximate surface area is 147 Å². The average Bonchev–Trinajstić information content (AvgIpc) is 2.47. The maximum atomic E-state index is 4.38. The summed E-state index contributed by atoms with van der Waals surface area (Å²) in [4.78, 5) is 4.38. The van der Waals surface area contributed by atoms with E-state index in [4.69, 9.17) is 0 Å². The molecular weight excluding hydrogens is 361 g/mol. The number of nitrogens with zero attached hydrogens (tertiary/aromatic N) is 1. The second-order valence-corrected chi connectivity index (χ2v) is 6.16. The Balaban J connectivity index is 0.000000264. The first-order valence-corrected chi connectivity index (χ1v) is 7.20. The number of pyridine rings is 1. The van der Waals surface area contributed by atoms with Gasteiger partial charge in [0.2, 0.25) is 0 Å². The maximum Gasteiger partial charge on any atom is 0.0161 e. The van der Waals surface area contributed by atoms with Crippen molar-refractivity contribution in [3.63, 3.8) is 0 Å². The Morgan fingerprint density at radius 3 is 2.27 bits per heavy atom. The second kappa shape index (κ2) is 7.86. The molecule has 1 nitrogen and oxygen atoms in total. The van der Waals surface area contributed by atoms with Crippen LogP contribution in [0.2, 0.25) is 0 Å². The van der Waals surface area contributed by atoms with Crippen molar-refractivity contribution in [1.82, 2.24) is 4.98 Å². The van der Waals surface area contributed by atoms with E-state index in [1.54, 1.807) is 0 Å². The van der Waals surface area contributed by atoms with E-state index in [0.717, 1.165) is 10.9 Å². The van der Waals surface area contributed by atoms with Crippen molar-refractivity contribution in [3.8, 4) is 0 Å². The summed E-state index contributed by atoms with van der Waals surface area (Å²) in [5, 5.41) is 3.46. The van der Waals surface area contributed by atoms with Gasteiger partial charge in [0.15, 0.2) is 0 Å². The number of rotatable bonds is 1. The Morgan fingerprint density at radius 2 is 1.64 bits per heavy atom. The molecule has 0 saturated heterocycles. The first-order chi connectivity index (χ1) is 9.89. The van der Waals surface area contributed by atoms with Crippen LogP contribution < -0.4 is 0 Å². The molecule has 0 N–H and O–H groups in total. The van der Waals surface area contributed by atoms with E-state index < -0.39 is 0 Å². The van der Waals surface area contributed by atoms with Gasteiger partial charge in [-0.2, -0.15) is 13.8 Å². The van der Waals surface area contributed by atoms with E-state index in [-0.39, 0.29) is 25.8 Å². The zero-order chi connectivity index (χ0) is 15.5. The number of fused-ring (bicyclic) bond motifs is 3. The Bertz CT molecular complexity index is 671. The molecule has 2 aromatic carbocycles. The van der Waals surface area contributed by atoms with Crippen LogP contribution in [0.3, 0.4) is 0 Å². The van der Waals surface area contributed by atoms with Crippen molar-refractivity contribution < 1.29 is 20.4 Å². The van der Waals surface area contributed by atoms with Gasteiger partial charge in [-0.25, -0.2) is 0 Å². The fourth-order valence-electron chi connectivity index (χ4n) is 1.73. The van der Waals surface area contributed by atoms with Crippen molar-refractivity contribution in [2.24, 2.45) is 5.41 Å². The van der Waals surface area contributed by atoms with Crippen molar-refractivity contribution in [2.75, 3.05) is 0 Å². The quantitative estimate of drug-likeness (QED) is 0.301. The largest absolute Gasteiger partial charge is 0.367 e. The predicted octanol–water partition coefficient (Wildman–Crippen LogP) is 5.65. The molecule has 22 heavy (non-hydrogen) atoms. The molecule has 120 valence electrons. The molecule has 1 heterocycles. The SMILES string of the molecule is [CH2-]C(C)(C)[C-](C)C.[Pd].[c-]1cccc2ccc3cccnc3c12. The minimum atomic E-state index is 0. The fraction of sp³-hybridized carbons (Fsp3) is 0.250. The standard InChI is InChI=1S/C13H8N.C7H14.Pd/c1-2-6-12-10(4-1)7-8-11-5-3-9-14-13(11)12;1-6(2)7(3,4)5;/h1-5,7-9H;3H2,1-2,4-5H3;/q-1;-2;. The fourth-order valence-corrected chi connectivity index (χ4v) is 1.73. The van der Waals surface area contributed by atoms with E-state index in [1.807, 2.05) is 24.4 Å². The zero-order valence-electron chi connectivity index (χ0n) is 13.6. The number of aromatic nitrogens is 1. The van der Waals surface area contributed by atoms with Gasteiger partial charge in [0.25, 0.3) is 0 Å². The van der Waals surface area contributed by atoms with E-state index in [2.05, 4.69) is 69.9 Å². The zero-order valence-corrected chi connectivity index (χ0v) is 15.1. The van der Waals surface area contributed by atoms with Gasteiger partial charge in [0.05, 0.1) is 0 Å². The smallest absolute Gasteiger partial charge is 0.0161 e. The molecule has 0 aliphatic carbocycles. The van der Waals surface area contributed by atoms with E-state index in [1.165, 1.54) is 16.7 Å². The van der Waals surface area contributed by atoms with Crippen LogP contribution in [0.15, 0.2) is 48.7 Å². The van der Waals surface area contributed by atoms with Crippen molar-refractivity contribution >= 4 is 21.7 Å². The molecular formula is C20H22NPd-3. The molecule has 0 aliphatic rings. The van der Waals surface area contributed by atoms with Gasteiger partial charge in [0, 0.05) is 26.6 Å². The molecule has 0 atom stereocenters. The summed E-state index contributed by atoms with van der Waals surface area (Å²) in [5.74, 6) is 1.38. The van der Waals surface area contributed by atoms with Crippen LogP contribution in [0.4, 0.5) is 0 Å². The molecule has 1 aromatic heterocycles. The summed E-state index contributed by atoms with van der Waals surface area (Å²) < 4.78 is 0. The summed E-state index contributed by atoms with van der Waals surface area (Å²) in [5.41, 5.74) is 1.20. The monoisotopic (exact) mass is 382 g/mol. The minimum absolute atomic E-state index is 0. The van der Waals surface area contributed by atoms with Crippen LogP contribution >= 0.6 is 0 Å². The van der Waals surface area contributed by atoms with Crippen LogP contribution in [0.1, 0.15) is 27.7 Å². The van der Waals surface area contributed by atoms with Crippen LogP contribution in [0.25, 0.3) is 21.7 Å².